The summed E-state index contributed by atoms with van der Waals surface area (Å²) in [6.07, 6.45) is 0. The van der Waals surface area contributed by atoms with Crippen molar-refractivity contribution in [2.24, 2.45) is 0 Å². The van der Waals surface area contributed by atoms with E-state index in [1.807, 2.05) is 20.0 Å². The lowest BCUT2D eigenvalue weighted by Gasteiger charge is -2.19. The van der Waals surface area contributed by atoms with Gasteiger partial charge in [-0.2, -0.15) is 0 Å². The molecular weight excluding hydrogens is 229 g/mol. The van der Waals surface area contributed by atoms with Crippen LogP contribution in [-0.2, 0) is 12.0 Å². The summed E-state index contributed by atoms with van der Waals surface area (Å²) < 4.78 is 19.6. The van der Waals surface area contributed by atoms with Gasteiger partial charge in [0.05, 0.1) is 6.54 Å². The Kier molecular flexibility index (Phi) is 3.20. The van der Waals surface area contributed by atoms with Gasteiger partial charge in [-0.3, -0.25) is 0 Å². The Labute approximate surface area is 107 Å². The highest BCUT2D eigenvalue weighted by molar-refractivity contribution is 5.87. The average Bonchev–Trinajstić information content (AvgIpc) is 2.64. The van der Waals surface area contributed by atoms with Crippen molar-refractivity contribution in [2.45, 2.75) is 39.7 Å². The Hall–Kier alpha value is -1.35. The molecule has 2 aromatic rings. The van der Waals surface area contributed by atoms with E-state index in [1.54, 1.807) is 0 Å². The van der Waals surface area contributed by atoms with E-state index in [0.717, 1.165) is 22.3 Å². The van der Waals surface area contributed by atoms with Crippen molar-refractivity contribution in [2.75, 3.05) is 7.05 Å². The van der Waals surface area contributed by atoms with E-state index in [2.05, 4.69) is 26.1 Å². The summed E-state index contributed by atoms with van der Waals surface area (Å²) in [5.41, 5.74) is 2.46. The second kappa shape index (κ2) is 4.39. The molecule has 0 aliphatic carbocycles. The SMILES string of the molecule is CNCc1oc2c(F)ccc(C)c2c1C(C)(C)C. The topological polar surface area (TPSA) is 25.2 Å². The number of nitrogens with one attached hydrogen (secondary N) is 1. The summed E-state index contributed by atoms with van der Waals surface area (Å²) in [5.74, 6) is 0.539. The van der Waals surface area contributed by atoms with E-state index in [1.165, 1.54) is 6.07 Å². The van der Waals surface area contributed by atoms with Crippen molar-refractivity contribution in [1.82, 2.24) is 5.32 Å². The molecule has 0 amide bonds. The predicted molar refractivity (Wildman–Crippen MR) is 72.4 cm³/mol. The molecule has 2 nitrogen and oxygen atoms in total. The molecule has 0 saturated carbocycles. The minimum Gasteiger partial charge on any atom is -0.456 e. The standard InChI is InChI=1S/C15H20FNO/c1-9-6-7-10(16)14-12(9)13(15(2,3)4)11(18-14)8-17-5/h6-7,17H,8H2,1-5H3. The van der Waals surface area contributed by atoms with Crippen LogP contribution in [0.5, 0.6) is 0 Å². The average molecular weight is 249 g/mol. The zero-order valence-corrected chi connectivity index (χ0v) is 11.6. The van der Waals surface area contributed by atoms with E-state index in [4.69, 9.17) is 4.42 Å². The number of rotatable bonds is 2. The largest absolute Gasteiger partial charge is 0.456 e. The van der Waals surface area contributed by atoms with E-state index in [-0.39, 0.29) is 11.2 Å². The third-order valence-electron chi connectivity index (χ3n) is 3.16. The lowest BCUT2D eigenvalue weighted by Crippen LogP contribution is -2.16. The van der Waals surface area contributed by atoms with E-state index < -0.39 is 0 Å². The molecule has 1 aromatic carbocycles. The Morgan fingerprint density at radius 2 is 1.94 bits per heavy atom. The Balaban J connectivity index is 2.85. The maximum Gasteiger partial charge on any atom is 0.170 e. The van der Waals surface area contributed by atoms with Crippen LogP contribution in [0.3, 0.4) is 0 Å². The molecule has 0 aliphatic rings. The van der Waals surface area contributed by atoms with Crippen LogP contribution < -0.4 is 5.32 Å². The van der Waals surface area contributed by atoms with Gasteiger partial charge in [0.2, 0.25) is 0 Å². The second-order valence-corrected chi connectivity index (χ2v) is 5.75. The molecule has 0 fully saturated rings. The van der Waals surface area contributed by atoms with Gasteiger partial charge in [0, 0.05) is 10.9 Å². The first kappa shape index (κ1) is 13.1. The van der Waals surface area contributed by atoms with Gasteiger partial charge in [0.15, 0.2) is 11.4 Å². The fourth-order valence-corrected chi connectivity index (χ4v) is 2.46. The van der Waals surface area contributed by atoms with Gasteiger partial charge >= 0.3 is 0 Å². The van der Waals surface area contributed by atoms with Crippen molar-refractivity contribution < 1.29 is 8.81 Å². The van der Waals surface area contributed by atoms with Gasteiger partial charge in [-0.25, -0.2) is 4.39 Å². The van der Waals surface area contributed by atoms with Crippen LogP contribution in [0.25, 0.3) is 11.0 Å². The maximum absolute atomic E-state index is 13.9. The van der Waals surface area contributed by atoms with Crippen LogP contribution >= 0.6 is 0 Å². The first-order chi connectivity index (χ1) is 8.36. The Bertz CT molecular complexity index is 578. The summed E-state index contributed by atoms with van der Waals surface area (Å²) in [7, 11) is 1.86. The zero-order valence-electron chi connectivity index (χ0n) is 11.6. The summed E-state index contributed by atoms with van der Waals surface area (Å²) in [5, 5.41) is 4.00. The Morgan fingerprint density at radius 3 is 2.50 bits per heavy atom. The van der Waals surface area contributed by atoms with Gasteiger partial charge in [0.25, 0.3) is 0 Å². The van der Waals surface area contributed by atoms with Gasteiger partial charge in [0.1, 0.15) is 5.76 Å². The minimum atomic E-state index is -0.288. The van der Waals surface area contributed by atoms with Crippen LogP contribution in [0.2, 0.25) is 0 Å². The van der Waals surface area contributed by atoms with Gasteiger partial charge < -0.3 is 9.73 Å². The highest BCUT2D eigenvalue weighted by Crippen LogP contribution is 2.38. The first-order valence-electron chi connectivity index (χ1n) is 6.22. The molecule has 1 heterocycles. The number of hydrogen-bond donors (Lipinski definition) is 1. The third-order valence-corrected chi connectivity index (χ3v) is 3.16. The summed E-state index contributed by atoms with van der Waals surface area (Å²) in [6, 6.07) is 3.28. The second-order valence-electron chi connectivity index (χ2n) is 5.75. The van der Waals surface area contributed by atoms with Crippen molar-refractivity contribution in [3.8, 4) is 0 Å². The van der Waals surface area contributed by atoms with Crippen LogP contribution in [0.1, 0.15) is 37.7 Å². The van der Waals surface area contributed by atoms with Crippen molar-refractivity contribution in [1.29, 1.82) is 0 Å². The fourth-order valence-electron chi connectivity index (χ4n) is 2.46. The van der Waals surface area contributed by atoms with Gasteiger partial charge in [-0.15, -0.1) is 0 Å². The highest BCUT2D eigenvalue weighted by atomic mass is 19.1. The zero-order chi connectivity index (χ0) is 13.5. The third kappa shape index (κ3) is 2.03. The quantitative estimate of drug-likeness (QED) is 0.873. The smallest absolute Gasteiger partial charge is 0.170 e. The van der Waals surface area contributed by atoms with Crippen molar-refractivity contribution in [3.63, 3.8) is 0 Å². The molecule has 0 aliphatic heterocycles. The molecule has 1 N–H and O–H groups in total. The van der Waals surface area contributed by atoms with Crippen LogP contribution in [-0.4, -0.2) is 7.05 Å². The van der Waals surface area contributed by atoms with E-state index >= 15 is 0 Å². The molecule has 0 radical (unpaired) electrons. The lowest BCUT2D eigenvalue weighted by atomic mass is 9.83. The minimum absolute atomic E-state index is 0.0734. The molecule has 0 unspecified atom stereocenters. The summed E-state index contributed by atoms with van der Waals surface area (Å²) in [6.45, 7) is 8.98. The van der Waals surface area contributed by atoms with Gasteiger partial charge in [-0.05, 0) is 31.0 Å². The number of halogens is 1. The number of fused-ring (bicyclic) bond motifs is 1. The van der Waals surface area contributed by atoms with Crippen LogP contribution in [0.4, 0.5) is 4.39 Å². The number of hydrogen-bond acceptors (Lipinski definition) is 2. The molecule has 98 valence electrons. The Morgan fingerprint density at radius 1 is 1.28 bits per heavy atom. The highest BCUT2D eigenvalue weighted by Gasteiger charge is 2.27. The molecular formula is C15H20FNO. The van der Waals surface area contributed by atoms with Crippen molar-refractivity contribution in [3.05, 3.63) is 34.8 Å². The monoisotopic (exact) mass is 249 g/mol. The molecule has 0 saturated heterocycles. The van der Waals surface area contributed by atoms with E-state index in [9.17, 15) is 4.39 Å². The summed E-state index contributed by atoms with van der Waals surface area (Å²) >= 11 is 0. The predicted octanol–water partition coefficient (Wildman–Crippen LogP) is 3.90. The number of furan rings is 1. The lowest BCUT2D eigenvalue weighted by molar-refractivity contribution is 0.482. The normalized spacial score (nSPS) is 12.3. The molecule has 0 spiro atoms. The van der Waals surface area contributed by atoms with E-state index in [0.29, 0.717) is 12.1 Å². The van der Waals surface area contributed by atoms with Gasteiger partial charge in [-0.1, -0.05) is 26.8 Å². The molecule has 3 heteroatoms. The molecule has 0 atom stereocenters. The molecule has 18 heavy (non-hydrogen) atoms. The van der Waals surface area contributed by atoms with Crippen LogP contribution in [0.15, 0.2) is 16.5 Å². The van der Waals surface area contributed by atoms with Crippen molar-refractivity contribution >= 4 is 11.0 Å². The number of benzene rings is 1. The van der Waals surface area contributed by atoms with Crippen LogP contribution in [0, 0.1) is 12.7 Å². The maximum atomic E-state index is 13.9. The molecule has 1 aromatic heterocycles. The first-order valence-corrected chi connectivity index (χ1v) is 6.22. The number of aryl methyl sites for hydroxylation is 1. The molecule has 0 bridgehead atoms. The molecule has 2 rings (SSSR count). The summed E-state index contributed by atoms with van der Waals surface area (Å²) in [4.78, 5) is 0. The fraction of sp³-hybridized carbons (Fsp3) is 0.467.